The molecule has 0 amide bonds. The topological polar surface area (TPSA) is 64.8 Å². The third-order valence-electron chi connectivity index (χ3n) is 3.02. The van der Waals surface area contributed by atoms with Crippen LogP contribution in [-0.4, -0.2) is 51.3 Å². The summed E-state index contributed by atoms with van der Waals surface area (Å²) in [5.41, 5.74) is 6.72. The van der Waals surface area contributed by atoms with E-state index in [0.29, 0.717) is 26.1 Å². The Kier molecular flexibility index (Phi) is 7.69. The maximum absolute atomic E-state index is 11.0. The smallest absolute Gasteiger partial charge is 0.306 e. The van der Waals surface area contributed by atoms with E-state index in [9.17, 15) is 4.79 Å². The number of hydrogen-bond donors (Lipinski definition) is 1. The summed E-state index contributed by atoms with van der Waals surface area (Å²) in [6.45, 7) is 2.69. The molecule has 0 radical (unpaired) electrons. The Morgan fingerprint density at radius 3 is 2.55 bits per heavy atom. The summed E-state index contributed by atoms with van der Waals surface area (Å²) < 4.78 is 10.3. The second-order valence-electron chi connectivity index (χ2n) is 4.66. The van der Waals surface area contributed by atoms with Crippen LogP contribution in [0.4, 0.5) is 0 Å². The van der Waals surface area contributed by atoms with Crippen molar-refractivity contribution in [2.24, 2.45) is 5.73 Å². The average Bonchev–Trinajstić information content (AvgIpc) is 2.47. The van der Waals surface area contributed by atoms with Crippen LogP contribution < -0.4 is 10.5 Å². The minimum Gasteiger partial charge on any atom is -0.492 e. The highest BCUT2D eigenvalue weighted by Gasteiger charge is 2.04. The lowest BCUT2D eigenvalue weighted by atomic mass is 10.1. The number of nitrogens with zero attached hydrogens (tertiary/aromatic N) is 1. The fraction of sp³-hybridized carbons (Fsp3) is 0.533. The fourth-order valence-electron chi connectivity index (χ4n) is 1.73. The number of carbonyl (C=O) groups excluding carboxylic acids is 1. The number of nitrogens with two attached hydrogens (primary N) is 1. The normalized spacial score (nSPS) is 10.6. The average molecular weight is 280 g/mol. The van der Waals surface area contributed by atoms with Gasteiger partial charge >= 0.3 is 5.97 Å². The van der Waals surface area contributed by atoms with E-state index in [2.05, 4.69) is 4.74 Å². The van der Waals surface area contributed by atoms with Crippen LogP contribution in [0.5, 0.6) is 5.75 Å². The summed E-state index contributed by atoms with van der Waals surface area (Å²) in [6.07, 6.45) is 1.29. The van der Waals surface area contributed by atoms with Crippen LogP contribution in [0.2, 0.25) is 0 Å². The van der Waals surface area contributed by atoms with Gasteiger partial charge in [0.2, 0.25) is 0 Å². The van der Waals surface area contributed by atoms with Crippen molar-refractivity contribution in [3.8, 4) is 5.75 Å². The monoisotopic (exact) mass is 280 g/mol. The van der Waals surface area contributed by atoms with Crippen molar-refractivity contribution >= 4 is 5.97 Å². The molecule has 1 aromatic carbocycles. The second kappa shape index (κ2) is 9.34. The van der Waals surface area contributed by atoms with Gasteiger partial charge in [0.05, 0.1) is 13.5 Å². The van der Waals surface area contributed by atoms with E-state index < -0.39 is 0 Å². The molecule has 5 heteroatoms. The maximum atomic E-state index is 11.0. The molecule has 0 aromatic heterocycles. The van der Waals surface area contributed by atoms with Gasteiger partial charge < -0.3 is 20.1 Å². The highest BCUT2D eigenvalue weighted by atomic mass is 16.5. The van der Waals surface area contributed by atoms with Crippen molar-refractivity contribution in [1.29, 1.82) is 0 Å². The van der Waals surface area contributed by atoms with Gasteiger partial charge in [-0.1, -0.05) is 12.1 Å². The summed E-state index contributed by atoms with van der Waals surface area (Å²) in [5.74, 6) is 0.667. The molecule has 2 N–H and O–H groups in total. The van der Waals surface area contributed by atoms with Gasteiger partial charge in [0.1, 0.15) is 12.4 Å². The zero-order valence-corrected chi connectivity index (χ0v) is 12.3. The lowest BCUT2D eigenvalue weighted by molar-refractivity contribution is -0.140. The molecule has 0 spiro atoms. The number of methoxy groups -OCH3 is 1. The van der Waals surface area contributed by atoms with E-state index in [0.717, 1.165) is 18.7 Å². The maximum Gasteiger partial charge on any atom is 0.306 e. The Morgan fingerprint density at radius 1 is 1.25 bits per heavy atom. The summed E-state index contributed by atoms with van der Waals surface area (Å²) in [5, 5.41) is 0. The van der Waals surface area contributed by atoms with Crippen molar-refractivity contribution in [2.45, 2.75) is 12.8 Å². The minimum atomic E-state index is -0.187. The molecular weight excluding hydrogens is 256 g/mol. The minimum absolute atomic E-state index is 0.187. The summed E-state index contributed by atoms with van der Waals surface area (Å²) in [4.78, 5) is 13.0. The molecule has 112 valence electrons. The van der Waals surface area contributed by atoms with Gasteiger partial charge in [0.15, 0.2) is 0 Å². The van der Waals surface area contributed by atoms with Crippen LogP contribution in [0, 0.1) is 0 Å². The molecule has 5 nitrogen and oxygen atoms in total. The molecule has 0 unspecified atom stereocenters. The van der Waals surface area contributed by atoms with Crippen LogP contribution in [0.25, 0.3) is 0 Å². The van der Waals surface area contributed by atoms with Crippen molar-refractivity contribution < 1.29 is 14.3 Å². The molecule has 0 saturated heterocycles. The van der Waals surface area contributed by atoms with E-state index >= 15 is 0 Å². The predicted molar refractivity (Wildman–Crippen MR) is 78.8 cm³/mol. The lowest BCUT2D eigenvalue weighted by Gasteiger charge is -2.16. The quantitative estimate of drug-likeness (QED) is 0.685. The molecule has 0 aliphatic carbocycles. The molecule has 0 atom stereocenters. The van der Waals surface area contributed by atoms with Gasteiger partial charge in [-0.05, 0) is 37.7 Å². The number of ether oxygens (including phenoxy) is 2. The van der Waals surface area contributed by atoms with E-state index in [1.165, 1.54) is 12.7 Å². The first-order valence-corrected chi connectivity index (χ1v) is 6.83. The molecule has 0 saturated carbocycles. The van der Waals surface area contributed by atoms with Crippen LogP contribution in [-0.2, 0) is 16.0 Å². The third-order valence-corrected chi connectivity index (χ3v) is 3.02. The van der Waals surface area contributed by atoms with Crippen LogP contribution >= 0.6 is 0 Å². The number of hydrogen-bond acceptors (Lipinski definition) is 5. The third kappa shape index (κ3) is 6.54. The van der Waals surface area contributed by atoms with Crippen LogP contribution in [0.3, 0.4) is 0 Å². The zero-order chi connectivity index (χ0) is 14.8. The zero-order valence-electron chi connectivity index (χ0n) is 12.3. The van der Waals surface area contributed by atoms with E-state index in [-0.39, 0.29) is 5.97 Å². The van der Waals surface area contributed by atoms with Crippen LogP contribution in [0.1, 0.15) is 12.0 Å². The highest BCUT2D eigenvalue weighted by Crippen LogP contribution is 2.12. The second-order valence-corrected chi connectivity index (χ2v) is 4.66. The van der Waals surface area contributed by atoms with Gasteiger partial charge in [-0.3, -0.25) is 4.79 Å². The first kappa shape index (κ1) is 16.5. The highest BCUT2D eigenvalue weighted by molar-refractivity contribution is 5.69. The summed E-state index contributed by atoms with van der Waals surface area (Å²) >= 11 is 0. The van der Waals surface area contributed by atoms with Gasteiger partial charge in [-0.25, -0.2) is 0 Å². The molecule has 1 rings (SSSR count). The molecular formula is C15H24N2O3. The van der Waals surface area contributed by atoms with E-state index in [4.69, 9.17) is 10.5 Å². The first-order chi connectivity index (χ1) is 9.65. The van der Waals surface area contributed by atoms with Gasteiger partial charge in [-0.15, -0.1) is 0 Å². The van der Waals surface area contributed by atoms with E-state index in [1.807, 2.05) is 36.2 Å². The number of benzene rings is 1. The molecule has 0 heterocycles. The standard InChI is InChI=1S/C15H24N2O3/c1-17(10-8-15(18)19-2)11-12-20-14-5-3-13(4-6-14)7-9-16/h3-6H,7-12,16H2,1-2H3. The Bertz CT molecular complexity index is 393. The van der Waals surface area contributed by atoms with Crippen molar-refractivity contribution in [3.05, 3.63) is 29.8 Å². The predicted octanol–water partition coefficient (Wildman–Crippen LogP) is 1.06. The molecule has 0 bridgehead atoms. The number of likely N-dealkylation sites (N-methyl/N-ethyl adjacent to an activating group) is 1. The Hall–Kier alpha value is -1.59. The van der Waals surface area contributed by atoms with Crippen LogP contribution in [0.15, 0.2) is 24.3 Å². The lowest BCUT2D eigenvalue weighted by Crippen LogP contribution is -2.27. The summed E-state index contributed by atoms with van der Waals surface area (Å²) in [6, 6.07) is 7.98. The molecule has 1 aromatic rings. The fourth-order valence-corrected chi connectivity index (χ4v) is 1.73. The molecule has 0 aliphatic heterocycles. The van der Waals surface area contributed by atoms with Gasteiger partial charge in [0, 0.05) is 13.1 Å². The Balaban J connectivity index is 2.21. The van der Waals surface area contributed by atoms with Gasteiger partial charge in [0.25, 0.3) is 0 Å². The van der Waals surface area contributed by atoms with Crippen molar-refractivity contribution in [3.63, 3.8) is 0 Å². The van der Waals surface area contributed by atoms with E-state index in [1.54, 1.807) is 0 Å². The summed E-state index contributed by atoms with van der Waals surface area (Å²) in [7, 11) is 3.36. The van der Waals surface area contributed by atoms with Crippen molar-refractivity contribution in [1.82, 2.24) is 4.90 Å². The number of esters is 1. The first-order valence-electron chi connectivity index (χ1n) is 6.83. The Morgan fingerprint density at radius 2 is 1.95 bits per heavy atom. The number of rotatable bonds is 9. The number of carbonyl (C=O) groups is 1. The molecule has 20 heavy (non-hydrogen) atoms. The van der Waals surface area contributed by atoms with Crippen molar-refractivity contribution in [2.75, 3.05) is 40.4 Å². The molecule has 0 fully saturated rings. The largest absolute Gasteiger partial charge is 0.492 e. The SMILES string of the molecule is COC(=O)CCN(C)CCOc1ccc(CCN)cc1. The molecule has 0 aliphatic rings. The van der Waals surface area contributed by atoms with Gasteiger partial charge in [-0.2, -0.15) is 0 Å². The Labute approximate surface area is 120 Å².